The molecule has 0 saturated carbocycles. The van der Waals surface area contributed by atoms with Crippen molar-refractivity contribution in [2.75, 3.05) is 0 Å². The van der Waals surface area contributed by atoms with E-state index < -0.39 is 6.36 Å². The minimum Gasteiger partial charge on any atom is -0.406 e. The summed E-state index contributed by atoms with van der Waals surface area (Å²) in [5.41, 5.74) is 6.82. The summed E-state index contributed by atoms with van der Waals surface area (Å²) < 4.78 is 40.9. The molecule has 2 nitrogen and oxygen atoms in total. The molecule has 2 aromatic rings. The molecule has 108 valence electrons. The molecular formula is C13H11BrF3NOS. The van der Waals surface area contributed by atoms with E-state index in [0.29, 0.717) is 6.42 Å². The predicted octanol–water partition coefficient (Wildman–Crippen LogP) is 4.65. The highest BCUT2D eigenvalue weighted by Gasteiger charge is 2.31. The summed E-state index contributed by atoms with van der Waals surface area (Å²) in [5.74, 6) is -0.245. The highest BCUT2D eigenvalue weighted by molar-refractivity contribution is 9.10. The molecule has 7 heteroatoms. The first-order valence-electron chi connectivity index (χ1n) is 5.68. The standard InChI is InChI=1S/C13H11BrF3NOS/c14-10-5-6-20-12(10)7-11(18)8-1-3-9(4-2-8)19-13(15,16)17/h1-6,11H,7,18H2. The lowest BCUT2D eigenvalue weighted by Gasteiger charge is -2.13. The minimum absolute atomic E-state index is 0.245. The largest absolute Gasteiger partial charge is 0.573 e. The normalized spacial score (nSPS) is 13.2. The molecule has 0 spiro atoms. The van der Waals surface area contributed by atoms with E-state index in [1.807, 2.05) is 11.4 Å². The summed E-state index contributed by atoms with van der Waals surface area (Å²) in [4.78, 5) is 1.10. The van der Waals surface area contributed by atoms with E-state index in [-0.39, 0.29) is 11.8 Å². The minimum atomic E-state index is -4.68. The van der Waals surface area contributed by atoms with Crippen LogP contribution in [0.2, 0.25) is 0 Å². The Hall–Kier alpha value is -1.05. The molecule has 2 rings (SSSR count). The number of ether oxygens (including phenoxy) is 1. The van der Waals surface area contributed by atoms with Crippen LogP contribution >= 0.6 is 27.3 Å². The summed E-state index contributed by atoms with van der Waals surface area (Å²) >= 11 is 5.01. The van der Waals surface area contributed by atoms with Crippen LogP contribution in [0.5, 0.6) is 5.75 Å². The maximum atomic E-state index is 12.0. The predicted molar refractivity (Wildman–Crippen MR) is 75.8 cm³/mol. The molecule has 2 N–H and O–H groups in total. The van der Waals surface area contributed by atoms with Crippen molar-refractivity contribution in [1.82, 2.24) is 0 Å². The van der Waals surface area contributed by atoms with E-state index in [9.17, 15) is 13.2 Å². The van der Waals surface area contributed by atoms with Crippen LogP contribution in [0, 0.1) is 0 Å². The third kappa shape index (κ3) is 4.22. The monoisotopic (exact) mass is 365 g/mol. The summed E-state index contributed by atoms with van der Waals surface area (Å²) in [6, 6.07) is 7.30. The third-order valence-electron chi connectivity index (χ3n) is 2.64. The quantitative estimate of drug-likeness (QED) is 0.855. The number of thiophene rings is 1. The van der Waals surface area contributed by atoms with E-state index in [1.165, 1.54) is 12.1 Å². The maximum Gasteiger partial charge on any atom is 0.573 e. The fourth-order valence-electron chi connectivity index (χ4n) is 1.71. The number of hydrogen-bond donors (Lipinski definition) is 1. The molecule has 0 fully saturated rings. The molecule has 0 aliphatic carbocycles. The second kappa shape index (κ2) is 6.15. The van der Waals surface area contributed by atoms with Crippen LogP contribution < -0.4 is 10.5 Å². The van der Waals surface area contributed by atoms with Crippen LogP contribution in [0.3, 0.4) is 0 Å². The molecule has 20 heavy (non-hydrogen) atoms. The Kier molecular flexibility index (Phi) is 4.72. The first kappa shape index (κ1) is 15.3. The van der Waals surface area contributed by atoms with Gasteiger partial charge < -0.3 is 10.5 Å². The third-order valence-corrected chi connectivity index (χ3v) is 4.59. The number of benzene rings is 1. The van der Waals surface area contributed by atoms with Crippen molar-refractivity contribution in [3.8, 4) is 5.75 Å². The zero-order valence-corrected chi connectivity index (χ0v) is 12.6. The van der Waals surface area contributed by atoms with Crippen molar-refractivity contribution < 1.29 is 17.9 Å². The van der Waals surface area contributed by atoms with Crippen LogP contribution in [0.1, 0.15) is 16.5 Å². The first-order valence-corrected chi connectivity index (χ1v) is 7.35. The molecule has 1 aromatic carbocycles. The number of rotatable bonds is 4. The Morgan fingerprint density at radius 1 is 1.20 bits per heavy atom. The zero-order valence-electron chi connectivity index (χ0n) is 10.2. The van der Waals surface area contributed by atoms with Gasteiger partial charge in [-0.05, 0) is 45.1 Å². The second-order valence-electron chi connectivity index (χ2n) is 4.12. The van der Waals surface area contributed by atoms with Gasteiger partial charge >= 0.3 is 6.36 Å². The van der Waals surface area contributed by atoms with Gasteiger partial charge in [-0.15, -0.1) is 24.5 Å². The fourth-order valence-corrected chi connectivity index (χ4v) is 3.28. The Labute approximate surface area is 126 Å². The smallest absolute Gasteiger partial charge is 0.406 e. The molecule has 0 saturated heterocycles. The van der Waals surface area contributed by atoms with Crippen molar-refractivity contribution in [3.63, 3.8) is 0 Å². The topological polar surface area (TPSA) is 35.2 Å². The Balaban J connectivity index is 2.04. The Bertz CT molecular complexity index is 568. The van der Waals surface area contributed by atoms with Gasteiger partial charge in [0.15, 0.2) is 0 Å². The SMILES string of the molecule is NC(Cc1sccc1Br)c1ccc(OC(F)(F)F)cc1. The number of hydrogen-bond acceptors (Lipinski definition) is 3. The van der Waals surface area contributed by atoms with Gasteiger partial charge in [0.1, 0.15) is 5.75 Å². The summed E-state index contributed by atoms with van der Waals surface area (Å²) in [6.45, 7) is 0. The summed E-state index contributed by atoms with van der Waals surface area (Å²) in [6.07, 6.45) is -4.05. The van der Waals surface area contributed by atoms with Gasteiger partial charge in [-0.25, -0.2) is 0 Å². The molecule has 0 amide bonds. The molecule has 1 aromatic heterocycles. The number of alkyl halides is 3. The molecule has 0 radical (unpaired) electrons. The highest BCUT2D eigenvalue weighted by Crippen LogP contribution is 2.28. The maximum absolute atomic E-state index is 12.0. The van der Waals surface area contributed by atoms with Crippen LogP contribution in [-0.2, 0) is 6.42 Å². The van der Waals surface area contributed by atoms with Crippen molar-refractivity contribution >= 4 is 27.3 Å². The van der Waals surface area contributed by atoms with Gasteiger partial charge in [-0.2, -0.15) is 0 Å². The van der Waals surface area contributed by atoms with Crippen molar-refractivity contribution in [2.45, 2.75) is 18.8 Å². The molecule has 1 atom stereocenters. The van der Waals surface area contributed by atoms with E-state index >= 15 is 0 Å². The van der Waals surface area contributed by atoms with E-state index in [0.717, 1.165) is 14.9 Å². The molecule has 1 unspecified atom stereocenters. The molecule has 0 bridgehead atoms. The van der Waals surface area contributed by atoms with Gasteiger partial charge in [-0.3, -0.25) is 0 Å². The average molecular weight is 366 g/mol. The summed E-state index contributed by atoms with van der Waals surface area (Å²) in [5, 5.41) is 1.95. The van der Waals surface area contributed by atoms with E-state index in [4.69, 9.17) is 5.73 Å². The van der Waals surface area contributed by atoms with Crippen LogP contribution in [0.15, 0.2) is 40.2 Å². The number of nitrogens with two attached hydrogens (primary N) is 1. The lowest BCUT2D eigenvalue weighted by molar-refractivity contribution is -0.274. The van der Waals surface area contributed by atoms with Gasteiger partial charge in [0.2, 0.25) is 0 Å². The molecular weight excluding hydrogens is 355 g/mol. The van der Waals surface area contributed by atoms with Gasteiger partial charge in [0.05, 0.1) is 0 Å². The molecule has 0 aliphatic rings. The highest BCUT2D eigenvalue weighted by atomic mass is 79.9. The van der Waals surface area contributed by atoms with Crippen LogP contribution in [-0.4, -0.2) is 6.36 Å². The van der Waals surface area contributed by atoms with E-state index in [2.05, 4.69) is 20.7 Å². The average Bonchev–Trinajstić information content (AvgIpc) is 2.74. The summed E-state index contributed by atoms with van der Waals surface area (Å²) in [7, 11) is 0. The Morgan fingerprint density at radius 2 is 1.85 bits per heavy atom. The van der Waals surface area contributed by atoms with Crippen LogP contribution in [0.4, 0.5) is 13.2 Å². The molecule has 1 heterocycles. The van der Waals surface area contributed by atoms with E-state index in [1.54, 1.807) is 23.5 Å². The van der Waals surface area contributed by atoms with Gasteiger partial charge in [0.25, 0.3) is 0 Å². The van der Waals surface area contributed by atoms with Crippen molar-refractivity contribution in [2.24, 2.45) is 5.73 Å². The second-order valence-corrected chi connectivity index (χ2v) is 5.97. The van der Waals surface area contributed by atoms with Crippen LogP contribution in [0.25, 0.3) is 0 Å². The first-order chi connectivity index (χ1) is 9.35. The lowest BCUT2D eigenvalue weighted by atomic mass is 10.0. The van der Waals surface area contributed by atoms with Gasteiger partial charge in [-0.1, -0.05) is 12.1 Å². The zero-order chi connectivity index (χ0) is 14.8. The van der Waals surface area contributed by atoms with Crippen molar-refractivity contribution in [3.05, 3.63) is 50.6 Å². The molecule has 0 aliphatic heterocycles. The van der Waals surface area contributed by atoms with Gasteiger partial charge in [0, 0.05) is 21.8 Å². The van der Waals surface area contributed by atoms with Crippen molar-refractivity contribution in [1.29, 1.82) is 0 Å². The number of halogens is 4. The fraction of sp³-hybridized carbons (Fsp3) is 0.231. The lowest BCUT2D eigenvalue weighted by Crippen LogP contribution is -2.17. The Morgan fingerprint density at radius 3 is 2.35 bits per heavy atom.